The molecule has 1 heterocycles. The minimum Gasteiger partial charge on any atom is -0.511 e. The summed E-state index contributed by atoms with van der Waals surface area (Å²) in [5, 5.41) is 10.8. The Hall–Kier alpha value is -1.81. The molecule has 1 aliphatic heterocycles. The number of fused-ring (bicyclic) bond motifs is 1. The number of hydrogen-bond acceptors (Lipinski definition) is 4. The lowest BCUT2D eigenvalue weighted by molar-refractivity contribution is -0.122. The van der Waals surface area contributed by atoms with Crippen LogP contribution in [-0.2, 0) is 16.0 Å². The van der Waals surface area contributed by atoms with Gasteiger partial charge in [0.1, 0.15) is 11.5 Å². The van der Waals surface area contributed by atoms with Crippen LogP contribution in [0.15, 0.2) is 11.3 Å². The number of hydrogen-bond donors (Lipinski definition) is 1. The molecule has 4 nitrogen and oxygen atoms in total. The number of aliphatic hydroxyl groups excluding tert-OH is 1. The second-order valence-electron chi connectivity index (χ2n) is 6.51. The molecule has 0 fully saturated rings. The van der Waals surface area contributed by atoms with E-state index in [-0.39, 0.29) is 48.1 Å². The summed E-state index contributed by atoms with van der Waals surface area (Å²) in [5.74, 6) is -0.234. The van der Waals surface area contributed by atoms with Gasteiger partial charge in [-0.2, -0.15) is 0 Å². The SMILES string of the molecule is CCC(=O)C1=C(O)CC(c2c(C)c(C)c3c(c2Cl)OCC3)CC1=O. The molecule has 0 aromatic heterocycles. The molecular formula is C19H21ClO4. The van der Waals surface area contributed by atoms with Crippen LogP contribution in [0.1, 0.15) is 54.4 Å². The van der Waals surface area contributed by atoms with Crippen molar-refractivity contribution in [2.45, 2.75) is 52.4 Å². The van der Waals surface area contributed by atoms with Crippen LogP contribution in [0.4, 0.5) is 0 Å². The molecule has 1 aromatic carbocycles. The third-order valence-electron chi connectivity index (χ3n) is 5.17. The summed E-state index contributed by atoms with van der Waals surface area (Å²) in [5.41, 5.74) is 4.13. The Morgan fingerprint density at radius 1 is 1.29 bits per heavy atom. The van der Waals surface area contributed by atoms with Crippen LogP contribution in [0.2, 0.25) is 5.02 Å². The lowest BCUT2D eigenvalue weighted by atomic mass is 9.78. The Morgan fingerprint density at radius 3 is 2.62 bits per heavy atom. The van der Waals surface area contributed by atoms with Gasteiger partial charge in [0.2, 0.25) is 0 Å². The van der Waals surface area contributed by atoms with E-state index in [1.807, 2.05) is 13.8 Å². The second kappa shape index (κ2) is 6.25. The zero-order valence-corrected chi connectivity index (χ0v) is 14.9. The third kappa shape index (κ3) is 2.53. The quantitative estimate of drug-likeness (QED) is 0.834. The van der Waals surface area contributed by atoms with Crippen LogP contribution in [0, 0.1) is 13.8 Å². The summed E-state index contributed by atoms with van der Waals surface area (Å²) in [4.78, 5) is 24.3. The van der Waals surface area contributed by atoms with Gasteiger partial charge in [0.25, 0.3) is 0 Å². The van der Waals surface area contributed by atoms with Gasteiger partial charge in [-0.25, -0.2) is 0 Å². The first-order chi connectivity index (χ1) is 11.4. The summed E-state index contributed by atoms with van der Waals surface area (Å²) in [6.45, 7) is 6.33. The lowest BCUT2D eigenvalue weighted by Gasteiger charge is -2.27. The first kappa shape index (κ1) is 17.0. The molecule has 1 atom stereocenters. The maximum atomic E-state index is 12.4. The number of Topliss-reactive ketones (excluding diaryl/α,β-unsaturated/α-hetero) is 2. The predicted molar refractivity (Wildman–Crippen MR) is 92.1 cm³/mol. The molecule has 1 aliphatic carbocycles. The van der Waals surface area contributed by atoms with Gasteiger partial charge in [0, 0.05) is 37.2 Å². The van der Waals surface area contributed by atoms with Gasteiger partial charge in [-0.1, -0.05) is 18.5 Å². The number of ether oxygens (including phenoxy) is 1. The molecule has 5 heteroatoms. The van der Waals surface area contributed by atoms with Gasteiger partial charge in [0.05, 0.1) is 17.2 Å². The molecule has 128 valence electrons. The van der Waals surface area contributed by atoms with E-state index in [1.165, 1.54) is 0 Å². The van der Waals surface area contributed by atoms with Crippen LogP contribution in [0.5, 0.6) is 5.75 Å². The first-order valence-electron chi connectivity index (χ1n) is 8.29. The van der Waals surface area contributed by atoms with Gasteiger partial charge in [-0.3, -0.25) is 9.59 Å². The van der Waals surface area contributed by atoms with Gasteiger partial charge in [0.15, 0.2) is 11.6 Å². The molecule has 24 heavy (non-hydrogen) atoms. The van der Waals surface area contributed by atoms with Crippen molar-refractivity contribution in [2.75, 3.05) is 6.61 Å². The highest BCUT2D eigenvalue weighted by Gasteiger charge is 2.35. The van der Waals surface area contributed by atoms with Crippen LogP contribution in [0.25, 0.3) is 0 Å². The zero-order valence-electron chi connectivity index (χ0n) is 14.2. The van der Waals surface area contributed by atoms with Gasteiger partial charge >= 0.3 is 0 Å². The minimum absolute atomic E-state index is 0.0309. The largest absolute Gasteiger partial charge is 0.511 e. The number of ketones is 2. The monoisotopic (exact) mass is 348 g/mol. The maximum Gasteiger partial charge on any atom is 0.170 e. The normalized spacial score (nSPS) is 20.2. The van der Waals surface area contributed by atoms with Gasteiger partial charge < -0.3 is 9.84 Å². The molecule has 0 bridgehead atoms. The first-order valence-corrected chi connectivity index (χ1v) is 8.67. The van der Waals surface area contributed by atoms with Crippen LogP contribution < -0.4 is 4.74 Å². The topological polar surface area (TPSA) is 63.6 Å². The van der Waals surface area contributed by atoms with Gasteiger partial charge in [-0.15, -0.1) is 0 Å². The summed E-state index contributed by atoms with van der Waals surface area (Å²) in [7, 11) is 0. The average molecular weight is 349 g/mol. The van der Waals surface area contributed by atoms with E-state index in [4.69, 9.17) is 16.3 Å². The van der Waals surface area contributed by atoms with E-state index in [2.05, 4.69) is 0 Å². The zero-order chi connectivity index (χ0) is 17.6. The lowest BCUT2D eigenvalue weighted by Crippen LogP contribution is -2.24. The summed E-state index contributed by atoms with van der Waals surface area (Å²) >= 11 is 6.59. The van der Waals surface area contributed by atoms with Crippen molar-refractivity contribution in [3.05, 3.63) is 38.6 Å². The Balaban J connectivity index is 2.07. The number of rotatable bonds is 3. The van der Waals surface area contributed by atoms with Crippen molar-refractivity contribution in [2.24, 2.45) is 0 Å². The molecule has 2 aliphatic rings. The van der Waals surface area contributed by atoms with Gasteiger partial charge in [-0.05, 0) is 30.5 Å². The molecule has 0 amide bonds. The summed E-state index contributed by atoms with van der Waals surface area (Å²) < 4.78 is 5.68. The molecule has 0 saturated carbocycles. The number of carbonyl (C=O) groups is 2. The van der Waals surface area contributed by atoms with Crippen molar-refractivity contribution in [1.82, 2.24) is 0 Å². The Morgan fingerprint density at radius 2 is 2.00 bits per heavy atom. The molecular weight excluding hydrogens is 328 g/mol. The minimum atomic E-state index is -0.301. The molecule has 1 aromatic rings. The van der Waals surface area contributed by atoms with Crippen molar-refractivity contribution >= 4 is 23.2 Å². The number of benzene rings is 1. The van der Waals surface area contributed by atoms with Crippen LogP contribution in [0.3, 0.4) is 0 Å². The summed E-state index contributed by atoms with van der Waals surface area (Å²) in [6, 6.07) is 0. The van der Waals surface area contributed by atoms with E-state index in [1.54, 1.807) is 6.92 Å². The Bertz CT molecular complexity index is 776. The molecule has 0 radical (unpaired) electrons. The average Bonchev–Trinajstić information content (AvgIpc) is 3.02. The van der Waals surface area contributed by atoms with Crippen molar-refractivity contribution in [1.29, 1.82) is 0 Å². The van der Waals surface area contributed by atoms with Crippen molar-refractivity contribution in [3.63, 3.8) is 0 Å². The molecule has 0 spiro atoms. The molecule has 0 saturated heterocycles. The Labute approximate surface area is 146 Å². The predicted octanol–water partition coefficient (Wildman–Crippen LogP) is 4.13. The van der Waals surface area contributed by atoms with Crippen LogP contribution >= 0.6 is 11.6 Å². The second-order valence-corrected chi connectivity index (χ2v) is 6.89. The van der Waals surface area contributed by atoms with E-state index in [0.717, 1.165) is 28.7 Å². The number of allylic oxidation sites excluding steroid dienone is 2. The van der Waals surface area contributed by atoms with Crippen LogP contribution in [-0.4, -0.2) is 23.3 Å². The summed E-state index contributed by atoms with van der Waals surface area (Å²) in [6.07, 6.45) is 1.49. The Kier molecular flexibility index (Phi) is 4.43. The highest BCUT2D eigenvalue weighted by atomic mass is 35.5. The third-order valence-corrected chi connectivity index (χ3v) is 5.55. The highest BCUT2D eigenvalue weighted by molar-refractivity contribution is 6.33. The highest BCUT2D eigenvalue weighted by Crippen LogP contribution is 2.47. The molecule has 3 rings (SSSR count). The fourth-order valence-electron chi connectivity index (χ4n) is 3.80. The fourth-order valence-corrected chi connectivity index (χ4v) is 4.27. The maximum absolute atomic E-state index is 12.4. The van der Waals surface area contributed by atoms with Crippen molar-refractivity contribution < 1.29 is 19.4 Å². The van der Waals surface area contributed by atoms with E-state index < -0.39 is 0 Å². The molecule has 1 N–H and O–H groups in total. The number of carbonyl (C=O) groups excluding carboxylic acids is 2. The number of halogens is 1. The molecule has 1 unspecified atom stereocenters. The van der Waals surface area contributed by atoms with E-state index in [0.29, 0.717) is 17.4 Å². The number of aliphatic hydroxyl groups is 1. The fraction of sp³-hybridized carbons (Fsp3) is 0.474. The van der Waals surface area contributed by atoms with E-state index in [9.17, 15) is 14.7 Å². The standard InChI is InChI=1S/C19H21ClO4/c1-4-13(21)17-14(22)7-11(8-15(17)23)16-10(3)9(2)12-5-6-24-19(12)18(16)20/h11,22H,4-8H2,1-3H3. The van der Waals surface area contributed by atoms with Crippen molar-refractivity contribution in [3.8, 4) is 5.75 Å². The van der Waals surface area contributed by atoms with E-state index >= 15 is 0 Å². The smallest absolute Gasteiger partial charge is 0.170 e.